The standard InChI is InChI=1S/C18H16ClN3O3/c1-25-16-8-11(2-7-15(16)23)9-20-18(24)14-10-21-22-17(14)12-3-5-13(19)6-4-12/h2-8,10,23H,9H2,1H3,(H,20,24)(H,21,22). The van der Waals surface area contributed by atoms with Crippen LogP contribution in [0.15, 0.2) is 48.7 Å². The quantitative estimate of drug-likeness (QED) is 0.653. The number of rotatable bonds is 5. The van der Waals surface area contributed by atoms with Crippen LogP contribution in [-0.4, -0.2) is 28.3 Å². The summed E-state index contributed by atoms with van der Waals surface area (Å²) < 4.78 is 5.06. The Balaban J connectivity index is 1.74. The number of aromatic amines is 1. The molecule has 0 unspecified atom stereocenters. The van der Waals surface area contributed by atoms with Crippen LogP contribution in [0.4, 0.5) is 0 Å². The minimum atomic E-state index is -0.259. The lowest BCUT2D eigenvalue weighted by Crippen LogP contribution is -2.23. The Morgan fingerprint density at radius 2 is 2.04 bits per heavy atom. The summed E-state index contributed by atoms with van der Waals surface area (Å²) in [5.41, 5.74) is 2.68. The van der Waals surface area contributed by atoms with Gasteiger partial charge >= 0.3 is 0 Å². The van der Waals surface area contributed by atoms with Crippen molar-refractivity contribution in [3.8, 4) is 22.8 Å². The largest absolute Gasteiger partial charge is 0.504 e. The molecular formula is C18H16ClN3O3. The zero-order valence-electron chi connectivity index (χ0n) is 13.4. The Labute approximate surface area is 149 Å². The highest BCUT2D eigenvalue weighted by atomic mass is 35.5. The molecule has 1 amide bonds. The summed E-state index contributed by atoms with van der Waals surface area (Å²) in [6.07, 6.45) is 1.48. The summed E-state index contributed by atoms with van der Waals surface area (Å²) in [4.78, 5) is 12.5. The van der Waals surface area contributed by atoms with E-state index in [1.165, 1.54) is 19.4 Å². The predicted molar refractivity (Wildman–Crippen MR) is 94.9 cm³/mol. The maximum atomic E-state index is 12.5. The van der Waals surface area contributed by atoms with Gasteiger partial charge in [0.2, 0.25) is 0 Å². The molecule has 3 aromatic rings. The van der Waals surface area contributed by atoms with Crippen LogP contribution in [0.2, 0.25) is 5.02 Å². The van der Waals surface area contributed by atoms with Crippen molar-refractivity contribution >= 4 is 17.5 Å². The van der Waals surface area contributed by atoms with Gasteiger partial charge < -0.3 is 15.2 Å². The van der Waals surface area contributed by atoms with Crippen LogP contribution in [0.25, 0.3) is 11.3 Å². The summed E-state index contributed by atoms with van der Waals surface area (Å²) in [5, 5.41) is 19.9. The first-order valence-corrected chi connectivity index (χ1v) is 7.89. The average molecular weight is 358 g/mol. The fraction of sp³-hybridized carbons (Fsp3) is 0.111. The molecule has 0 saturated carbocycles. The number of amides is 1. The number of ether oxygens (including phenoxy) is 1. The van der Waals surface area contributed by atoms with E-state index in [4.69, 9.17) is 16.3 Å². The summed E-state index contributed by atoms with van der Waals surface area (Å²) in [6, 6.07) is 12.1. The number of benzene rings is 2. The minimum absolute atomic E-state index is 0.0532. The molecule has 0 fully saturated rings. The fourth-order valence-electron chi connectivity index (χ4n) is 2.40. The molecule has 25 heavy (non-hydrogen) atoms. The van der Waals surface area contributed by atoms with Crippen molar-refractivity contribution in [1.29, 1.82) is 0 Å². The van der Waals surface area contributed by atoms with Crippen LogP contribution < -0.4 is 10.1 Å². The molecule has 0 bridgehead atoms. The van der Waals surface area contributed by atoms with Gasteiger partial charge in [0.25, 0.3) is 5.91 Å². The molecule has 0 aliphatic heterocycles. The number of carbonyl (C=O) groups is 1. The first-order chi connectivity index (χ1) is 12.1. The molecule has 1 aromatic heterocycles. The van der Waals surface area contributed by atoms with Gasteiger partial charge in [-0.1, -0.05) is 29.8 Å². The number of aromatic nitrogens is 2. The van der Waals surface area contributed by atoms with Crippen molar-refractivity contribution in [3.63, 3.8) is 0 Å². The van der Waals surface area contributed by atoms with Crippen LogP contribution >= 0.6 is 11.6 Å². The second-order valence-electron chi connectivity index (χ2n) is 5.35. The molecule has 0 atom stereocenters. The van der Waals surface area contributed by atoms with Gasteiger partial charge in [-0.25, -0.2) is 0 Å². The van der Waals surface area contributed by atoms with Crippen molar-refractivity contribution in [2.75, 3.05) is 7.11 Å². The summed E-state index contributed by atoms with van der Waals surface area (Å²) >= 11 is 5.90. The second-order valence-corrected chi connectivity index (χ2v) is 5.79. The molecule has 3 N–H and O–H groups in total. The zero-order valence-corrected chi connectivity index (χ0v) is 14.2. The van der Waals surface area contributed by atoms with E-state index in [0.29, 0.717) is 28.6 Å². The highest BCUT2D eigenvalue weighted by Crippen LogP contribution is 2.26. The van der Waals surface area contributed by atoms with E-state index in [0.717, 1.165) is 11.1 Å². The van der Waals surface area contributed by atoms with Gasteiger partial charge in [-0.15, -0.1) is 0 Å². The number of phenolic OH excluding ortho intramolecular Hbond substituents is 1. The number of aromatic hydroxyl groups is 1. The SMILES string of the molecule is COc1cc(CNC(=O)c2cn[nH]c2-c2ccc(Cl)cc2)ccc1O. The first-order valence-electron chi connectivity index (χ1n) is 7.52. The molecule has 128 valence electrons. The van der Waals surface area contributed by atoms with Gasteiger partial charge in [-0.3, -0.25) is 9.89 Å². The van der Waals surface area contributed by atoms with Gasteiger partial charge in [-0.05, 0) is 29.8 Å². The maximum absolute atomic E-state index is 12.5. The van der Waals surface area contributed by atoms with Gasteiger partial charge in [0.1, 0.15) is 0 Å². The lowest BCUT2D eigenvalue weighted by atomic mass is 10.1. The number of methoxy groups -OCH3 is 1. The van der Waals surface area contributed by atoms with E-state index in [1.807, 2.05) is 12.1 Å². The Morgan fingerprint density at radius 3 is 2.76 bits per heavy atom. The van der Waals surface area contributed by atoms with Crippen molar-refractivity contribution < 1.29 is 14.6 Å². The molecule has 0 saturated heterocycles. The number of nitrogens with one attached hydrogen (secondary N) is 2. The first kappa shape index (κ1) is 16.9. The van der Waals surface area contributed by atoms with Crippen molar-refractivity contribution in [3.05, 3.63) is 64.8 Å². The Kier molecular flexibility index (Phi) is 4.90. The number of H-pyrrole nitrogens is 1. The smallest absolute Gasteiger partial charge is 0.255 e. The highest BCUT2D eigenvalue weighted by Gasteiger charge is 2.15. The molecule has 3 rings (SSSR count). The number of hydrogen-bond acceptors (Lipinski definition) is 4. The van der Waals surface area contributed by atoms with Crippen LogP contribution in [0, 0.1) is 0 Å². The lowest BCUT2D eigenvalue weighted by Gasteiger charge is -2.08. The topological polar surface area (TPSA) is 87.2 Å². The van der Waals surface area contributed by atoms with Crippen LogP contribution in [0.1, 0.15) is 15.9 Å². The van der Waals surface area contributed by atoms with Crippen LogP contribution in [0.3, 0.4) is 0 Å². The molecule has 0 radical (unpaired) electrons. The van der Waals surface area contributed by atoms with E-state index >= 15 is 0 Å². The van der Waals surface area contributed by atoms with E-state index in [9.17, 15) is 9.90 Å². The zero-order chi connectivity index (χ0) is 17.8. The van der Waals surface area contributed by atoms with Crippen LogP contribution in [0.5, 0.6) is 11.5 Å². The van der Waals surface area contributed by atoms with Crippen molar-refractivity contribution in [1.82, 2.24) is 15.5 Å². The number of nitrogens with zero attached hydrogens (tertiary/aromatic N) is 1. The molecular weight excluding hydrogens is 342 g/mol. The van der Waals surface area contributed by atoms with Gasteiger partial charge in [0.15, 0.2) is 11.5 Å². The molecule has 0 aliphatic carbocycles. The summed E-state index contributed by atoms with van der Waals surface area (Å²) in [5.74, 6) is 0.153. The summed E-state index contributed by atoms with van der Waals surface area (Å²) in [6.45, 7) is 0.292. The number of phenols is 1. The normalized spacial score (nSPS) is 10.5. The predicted octanol–water partition coefficient (Wildman–Crippen LogP) is 3.37. The van der Waals surface area contributed by atoms with Crippen molar-refractivity contribution in [2.24, 2.45) is 0 Å². The molecule has 0 aliphatic rings. The van der Waals surface area contributed by atoms with E-state index in [2.05, 4.69) is 15.5 Å². The van der Waals surface area contributed by atoms with E-state index in [-0.39, 0.29) is 11.7 Å². The molecule has 1 heterocycles. The van der Waals surface area contributed by atoms with Crippen LogP contribution in [-0.2, 0) is 6.54 Å². The lowest BCUT2D eigenvalue weighted by molar-refractivity contribution is 0.0951. The third-order valence-electron chi connectivity index (χ3n) is 3.71. The molecule has 0 spiro atoms. The van der Waals surface area contributed by atoms with Gasteiger partial charge in [0, 0.05) is 17.1 Å². The monoisotopic (exact) mass is 357 g/mol. The Bertz CT molecular complexity index is 891. The Morgan fingerprint density at radius 1 is 1.28 bits per heavy atom. The van der Waals surface area contributed by atoms with Gasteiger partial charge in [0.05, 0.1) is 24.6 Å². The molecule has 6 nitrogen and oxygen atoms in total. The second kappa shape index (κ2) is 7.27. The van der Waals surface area contributed by atoms with Crippen molar-refractivity contribution in [2.45, 2.75) is 6.54 Å². The average Bonchev–Trinajstić information content (AvgIpc) is 3.11. The highest BCUT2D eigenvalue weighted by molar-refractivity contribution is 6.30. The third-order valence-corrected chi connectivity index (χ3v) is 3.97. The summed E-state index contributed by atoms with van der Waals surface area (Å²) in [7, 11) is 1.47. The number of carbonyl (C=O) groups excluding carboxylic acids is 1. The maximum Gasteiger partial charge on any atom is 0.255 e. The Hall–Kier alpha value is -2.99. The third kappa shape index (κ3) is 3.75. The van der Waals surface area contributed by atoms with E-state index in [1.54, 1.807) is 24.3 Å². The number of halogens is 1. The molecule has 7 heteroatoms. The van der Waals surface area contributed by atoms with Gasteiger partial charge in [-0.2, -0.15) is 5.10 Å². The number of hydrogen-bond donors (Lipinski definition) is 3. The molecule has 2 aromatic carbocycles. The minimum Gasteiger partial charge on any atom is -0.504 e. The fourth-order valence-corrected chi connectivity index (χ4v) is 2.53. The van der Waals surface area contributed by atoms with E-state index < -0.39 is 0 Å².